The van der Waals surface area contributed by atoms with Gasteiger partial charge in [0, 0.05) is 34.8 Å². The topological polar surface area (TPSA) is 106 Å². The van der Waals surface area contributed by atoms with E-state index in [9.17, 15) is 9.59 Å². The first-order valence-corrected chi connectivity index (χ1v) is 13.7. The fourth-order valence-corrected chi connectivity index (χ4v) is 4.65. The Morgan fingerprint density at radius 2 is 1.33 bits per heavy atom. The van der Waals surface area contributed by atoms with E-state index in [0.29, 0.717) is 17.1 Å². The van der Waals surface area contributed by atoms with Crippen molar-refractivity contribution in [2.75, 3.05) is 0 Å². The van der Waals surface area contributed by atoms with Gasteiger partial charge in [-0.1, -0.05) is 90.1 Å². The van der Waals surface area contributed by atoms with E-state index in [4.69, 9.17) is 10.8 Å². The Labute approximate surface area is 235 Å². The van der Waals surface area contributed by atoms with E-state index < -0.39 is 5.97 Å². The fourth-order valence-electron chi connectivity index (χ4n) is 3.73. The Morgan fingerprint density at radius 3 is 1.77 bits per heavy atom. The third-order valence-electron chi connectivity index (χ3n) is 6.16. The average Bonchev–Trinajstić information content (AvgIpc) is 3.40. The van der Waals surface area contributed by atoms with Gasteiger partial charge in [0.05, 0.1) is 4.88 Å². The van der Waals surface area contributed by atoms with Crippen LogP contribution >= 0.6 is 11.3 Å². The monoisotopic (exact) mass is 543 g/mol. The van der Waals surface area contributed by atoms with E-state index in [1.54, 1.807) is 6.07 Å². The van der Waals surface area contributed by atoms with Crippen molar-refractivity contribution in [3.8, 4) is 22.5 Å². The minimum atomic E-state index is -0.784. The lowest BCUT2D eigenvalue weighted by Crippen LogP contribution is -2.10. The number of amides is 1. The number of nitrogens with zero attached hydrogens (tertiary/aromatic N) is 2. The number of primary amides is 1. The third-order valence-corrected chi connectivity index (χ3v) is 7.69. The SMILES string of the molecule is CC(C)(C)c1ccc(-c2cnc(-c3ccc(CCC(=O)O)cc3)nc2)cc1.CC(C)(C)c1ccc(C(N)=O)s1. The number of thiophene rings is 1. The van der Waals surface area contributed by atoms with Crippen LogP contribution in [0.1, 0.15) is 73.6 Å². The van der Waals surface area contributed by atoms with Gasteiger partial charge in [0.15, 0.2) is 5.82 Å². The van der Waals surface area contributed by atoms with Crippen LogP contribution in [0, 0.1) is 0 Å². The maximum absolute atomic E-state index is 10.8. The molecule has 0 aliphatic rings. The first-order chi connectivity index (χ1) is 18.2. The Morgan fingerprint density at radius 1 is 0.769 bits per heavy atom. The predicted molar refractivity (Wildman–Crippen MR) is 159 cm³/mol. The number of nitrogens with two attached hydrogens (primary N) is 1. The number of aliphatic carboxylic acids is 1. The first kappa shape index (κ1) is 29.7. The van der Waals surface area contributed by atoms with Crippen molar-refractivity contribution in [1.82, 2.24) is 9.97 Å². The number of hydrogen-bond acceptors (Lipinski definition) is 5. The van der Waals surface area contributed by atoms with E-state index in [2.05, 4.69) is 75.8 Å². The quantitative estimate of drug-likeness (QED) is 0.266. The van der Waals surface area contributed by atoms with Crippen LogP contribution in [0.2, 0.25) is 0 Å². The molecule has 0 unspecified atom stereocenters. The minimum absolute atomic E-state index is 0.109. The van der Waals surface area contributed by atoms with Crippen LogP contribution in [0.25, 0.3) is 22.5 Å². The summed E-state index contributed by atoms with van der Waals surface area (Å²) in [6, 6.07) is 20.0. The van der Waals surface area contributed by atoms with Crippen molar-refractivity contribution in [2.24, 2.45) is 5.73 Å². The van der Waals surface area contributed by atoms with Crippen molar-refractivity contribution in [3.05, 3.63) is 93.9 Å². The highest BCUT2D eigenvalue weighted by atomic mass is 32.1. The summed E-state index contributed by atoms with van der Waals surface area (Å²) in [5.74, 6) is -0.459. The van der Waals surface area contributed by atoms with Gasteiger partial charge in [-0.05, 0) is 46.1 Å². The number of carboxylic acid groups (broad SMARTS) is 1. The Hall–Kier alpha value is -3.84. The molecule has 1 amide bonds. The van der Waals surface area contributed by atoms with E-state index in [-0.39, 0.29) is 23.2 Å². The summed E-state index contributed by atoms with van der Waals surface area (Å²) >= 11 is 1.47. The summed E-state index contributed by atoms with van der Waals surface area (Å²) in [6.07, 6.45) is 4.35. The molecule has 2 aromatic heterocycles. The predicted octanol–water partition coefficient (Wildman–Crippen LogP) is 7.27. The second-order valence-corrected chi connectivity index (χ2v) is 12.6. The molecule has 4 rings (SSSR count). The van der Waals surface area contributed by atoms with Crippen molar-refractivity contribution < 1.29 is 14.7 Å². The largest absolute Gasteiger partial charge is 0.481 e. The molecule has 2 aromatic carbocycles. The van der Waals surface area contributed by atoms with Gasteiger partial charge in [-0.2, -0.15) is 0 Å². The first-order valence-electron chi connectivity index (χ1n) is 12.9. The van der Waals surface area contributed by atoms with Gasteiger partial charge >= 0.3 is 5.97 Å². The molecule has 0 spiro atoms. The molecule has 3 N–H and O–H groups in total. The summed E-state index contributed by atoms with van der Waals surface area (Å²) < 4.78 is 0. The third kappa shape index (κ3) is 8.58. The standard InChI is InChI=1S/C23H24N2O2.C9H13NOS/c1-23(2,3)20-11-9-17(10-12-20)19-14-24-22(25-15-19)18-7-4-16(5-8-18)6-13-21(26)27;1-9(2,3)7-5-4-6(12-7)8(10)11/h4-5,7-12,14-15H,6,13H2,1-3H3,(H,26,27);4-5H,1-3H3,(H2,10,11). The highest BCUT2D eigenvalue weighted by Crippen LogP contribution is 2.29. The molecule has 0 fully saturated rings. The van der Waals surface area contributed by atoms with Crippen LogP contribution in [-0.4, -0.2) is 27.0 Å². The maximum Gasteiger partial charge on any atom is 0.303 e. The average molecular weight is 544 g/mol. The van der Waals surface area contributed by atoms with Gasteiger partial charge in [0.1, 0.15) is 0 Å². The summed E-state index contributed by atoms with van der Waals surface area (Å²) in [4.78, 5) is 32.3. The van der Waals surface area contributed by atoms with E-state index in [1.165, 1.54) is 21.8 Å². The number of carboxylic acids is 1. The normalized spacial score (nSPS) is 11.4. The van der Waals surface area contributed by atoms with Crippen LogP contribution in [0.5, 0.6) is 0 Å². The van der Waals surface area contributed by atoms with Crippen LogP contribution in [-0.2, 0) is 22.0 Å². The molecule has 39 heavy (non-hydrogen) atoms. The van der Waals surface area contributed by atoms with Gasteiger partial charge < -0.3 is 10.8 Å². The van der Waals surface area contributed by atoms with Gasteiger partial charge in [-0.25, -0.2) is 9.97 Å². The lowest BCUT2D eigenvalue weighted by molar-refractivity contribution is -0.136. The van der Waals surface area contributed by atoms with Crippen LogP contribution in [0.3, 0.4) is 0 Å². The molecule has 0 bridgehead atoms. The van der Waals surface area contributed by atoms with Gasteiger partial charge in [0.2, 0.25) is 0 Å². The fraction of sp³-hybridized carbons (Fsp3) is 0.312. The zero-order valence-electron chi connectivity index (χ0n) is 23.5. The molecule has 7 heteroatoms. The van der Waals surface area contributed by atoms with Crippen LogP contribution < -0.4 is 5.73 Å². The van der Waals surface area contributed by atoms with Crippen molar-refractivity contribution >= 4 is 23.2 Å². The van der Waals surface area contributed by atoms with Gasteiger partial charge in [-0.3, -0.25) is 9.59 Å². The summed E-state index contributed by atoms with van der Waals surface area (Å²) in [5, 5.41) is 8.76. The molecule has 2 heterocycles. The number of aromatic nitrogens is 2. The molecular weight excluding hydrogens is 506 g/mol. The number of rotatable bonds is 6. The smallest absolute Gasteiger partial charge is 0.303 e. The van der Waals surface area contributed by atoms with Gasteiger partial charge in [0.25, 0.3) is 5.91 Å². The second-order valence-electron chi connectivity index (χ2n) is 11.5. The molecule has 0 radical (unpaired) electrons. The lowest BCUT2D eigenvalue weighted by Gasteiger charge is -2.19. The molecule has 0 saturated carbocycles. The maximum atomic E-state index is 10.8. The molecule has 0 atom stereocenters. The Bertz CT molecular complexity index is 1390. The van der Waals surface area contributed by atoms with Crippen LogP contribution in [0.4, 0.5) is 0 Å². The number of benzene rings is 2. The molecular formula is C32H37N3O3S. The number of carbonyl (C=O) groups is 2. The number of hydrogen-bond donors (Lipinski definition) is 2. The van der Waals surface area contributed by atoms with Gasteiger partial charge in [-0.15, -0.1) is 11.3 Å². The van der Waals surface area contributed by atoms with E-state index in [0.717, 1.165) is 22.3 Å². The molecule has 0 aliphatic heterocycles. The summed E-state index contributed by atoms with van der Waals surface area (Å²) in [5.41, 5.74) is 10.7. The van der Waals surface area contributed by atoms with Crippen molar-refractivity contribution in [2.45, 2.75) is 65.2 Å². The molecule has 0 saturated heterocycles. The highest BCUT2D eigenvalue weighted by molar-refractivity contribution is 7.14. The minimum Gasteiger partial charge on any atom is -0.481 e. The molecule has 0 aliphatic carbocycles. The zero-order valence-corrected chi connectivity index (χ0v) is 24.3. The van der Waals surface area contributed by atoms with Crippen LogP contribution in [0.15, 0.2) is 73.1 Å². The zero-order chi connectivity index (χ0) is 28.8. The van der Waals surface area contributed by atoms with E-state index >= 15 is 0 Å². The Kier molecular flexibility index (Phi) is 9.41. The summed E-state index contributed by atoms with van der Waals surface area (Å²) in [7, 11) is 0. The molecule has 4 aromatic rings. The highest BCUT2D eigenvalue weighted by Gasteiger charge is 2.17. The second kappa shape index (κ2) is 12.3. The molecule has 6 nitrogen and oxygen atoms in total. The van der Waals surface area contributed by atoms with Crippen molar-refractivity contribution in [1.29, 1.82) is 0 Å². The summed E-state index contributed by atoms with van der Waals surface area (Å²) in [6.45, 7) is 12.9. The number of aryl methyl sites for hydroxylation is 1. The van der Waals surface area contributed by atoms with Crippen molar-refractivity contribution in [3.63, 3.8) is 0 Å². The van der Waals surface area contributed by atoms with E-state index in [1.807, 2.05) is 42.7 Å². The number of carbonyl (C=O) groups excluding carboxylic acids is 1. The lowest BCUT2D eigenvalue weighted by atomic mass is 9.86. The Balaban J connectivity index is 0.000000293. The molecule has 204 valence electrons.